The molecule has 0 saturated carbocycles. The molecule has 0 amide bonds. The molecule has 8 heteroatoms. The Bertz CT molecular complexity index is 908. The zero-order chi connectivity index (χ0) is 18.4. The summed E-state index contributed by atoms with van der Waals surface area (Å²) in [5.74, 6) is 1.31. The van der Waals surface area contributed by atoms with Gasteiger partial charge in [-0.1, -0.05) is 12.1 Å². The third-order valence-electron chi connectivity index (χ3n) is 4.10. The van der Waals surface area contributed by atoms with Crippen molar-refractivity contribution >= 4 is 35.6 Å². The number of benzene rings is 1. The predicted molar refractivity (Wildman–Crippen MR) is 116 cm³/mol. The second-order valence-electron chi connectivity index (χ2n) is 5.99. The zero-order valence-electron chi connectivity index (χ0n) is 15.4. The van der Waals surface area contributed by atoms with Gasteiger partial charge in [0.15, 0.2) is 17.4 Å². The summed E-state index contributed by atoms with van der Waals surface area (Å²) in [6.45, 7) is 5.85. The van der Waals surface area contributed by atoms with Crippen LogP contribution < -0.4 is 10.6 Å². The van der Waals surface area contributed by atoms with Gasteiger partial charge >= 0.3 is 0 Å². The van der Waals surface area contributed by atoms with Crippen molar-refractivity contribution in [2.45, 2.75) is 26.8 Å². The molecule has 0 unspecified atom stereocenters. The third kappa shape index (κ3) is 5.62. The van der Waals surface area contributed by atoms with Gasteiger partial charge in [-0.3, -0.25) is 4.40 Å². The fraction of sp³-hybridized carbons (Fsp3) is 0.316. The molecule has 3 aromatic rings. The van der Waals surface area contributed by atoms with E-state index in [0.717, 1.165) is 41.5 Å². The second-order valence-corrected chi connectivity index (χ2v) is 5.99. The monoisotopic (exact) mass is 482 g/mol. The zero-order valence-corrected chi connectivity index (χ0v) is 17.8. The van der Waals surface area contributed by atoms with Crippen LogP contribution in [0.5, 0.6) is 0 Å². The number of guanidine groups is 1. The van der Waals surface area contributed by atoms with Crippen molar-refractivity contribution in [3.05, 3.63) is 65.4 Å². The summed E-state index contributed by atoms with van der Waals surface area (Å²) in [5.41, 5.74) is 2.89. The molecule has 27 heavy (non-hydrogen) atoms. The summed E-state index contributed by atoms with van der Waals surface area (Å²) in [4.78, 5) is 4.58. The van der Waals surface area contributed by atoms with Crippen LogP contribution in [0.2, 0.25) is 0 Å². The van der Waals surface area contributed by atoms with Crippen LogP contribution in [0.3, 0.4) is 0 Å². The van der Waals surface area contributed by atoms with E-state index in [1.807, 2.05) is 48.7 Å². The van der Waals surface area contributed by atoms with Gasteiger partial charge in [-0.05, 0) is 55.7 Å². The van der Waals surface area contributed by atoms with E-state index in [9.17, 15) is 4.39 Å². The van der Waals surface area contributed by atoms with Crippen LogP contribution in [0.4, 0.5) is 4.39 Å². The Kier molecular flexibility index (Phi) is 7.96. The van der Waals surface area contributed by atoms with E-state index in [-0.39, 0.29) is 29.8 Å². The molecule has 6 nitrogen and oxygen atoms in total. The van der Waals surface area contributed by atoms with E-state index in [4.69, 9.17) is 0 Å². The lowest BCUT2D eigenvalue weighted by Gasteiger charge is -2.12. The minimum absolute atomic E-state index is 0. The van der Waals surface area contributed by atoms with Gasteiger partial charge in [-0.25, -0.2) is 9.38 Å². The van der Waals surface area contributed by atoms with Crippen LogP contribution in [-0.2, 0) is 13.0 Å². The third-order valence-corrected chi connectivity index (χ3v) is 4.10. The Morgan fingerprint density at radius 2 is 2.04 bits per heavy atom. The lowest BCUT2D eigenvalue weighted by molar-refractivity contribution is 0.625. The number of fused-ring (bicyclic) bond motifs is 1. The summed E-state index contributed by atoms with van der Waals surface area (Å²) in [6.07, 6.45) is 2.72. The topological polar surface area (TPSA) is 66.6 Å². The Morgan fingerprint density at radius 1 is 1.19 bits per heavy atom. The van der Waals surface area contributed by atoms with Gasteiger partial charge in [0.25, 0.3) is 0 Å². The van der Waals surface area contributed by atoms with E-state index < -0.39 is 0 Å². The van der Waals surface area contributed by atoms with Crippen LogP contribution in [-0.4, -0.2) is 33.6 Å². The molecule has 2 N–H and O–H groups in total. The van der Waals surface area contributed by atoms with E-state index in [1.54, 1.807) is 6.07 Å². The first kappa shape index (κ1) is 21.1. The van der Waals surface area contributed by atoms with Gasteiger partial charge in [0.05, 0.1) is 0 Å². The minimum atomic E-state index is -0.199. The van der Waals surface area contributed by atoms with Crippen molar-refractivity contribution in [2.75, 3.05) is 13.1 Å². The fourth-order valence-corrected chi connectivity index (χ4v) is 2.75. The van der Waals surface area contributed by atoms with Crippen molar-refractivity contribution in [3.63, 3.8) is 0 Å². The molecule has 1 aromatic carbocycles. The molecule has 0 aliphatic carbocycles. The number of aromatic nitrogens is 3. The molecule has 0 bridgehead atoms. The first-order chi connectivity index (χ1) is 12.7. The molecular weight excluding hydrogens is 458 g/mol. The minimum Gasteiger partial charge on any atom is -0.357 e. The molecule has 0 saturated heterocycles. The molecule has 3 rings (SSSR count). The summed E-state index contributed by atoms with van der Waals surface area (Å²) in [6, 6.07) is 10.7. The number of aliphatic imine (C=N–C) groups is 1. The highest BCUT2D eigenvalue weighted by atomic mass is 127. The van der Waals surface area contributed by atoms with Gasteiger partial charge in [0.2, 0.25) is 0 Å². The molecule has 144 valence electrons. The number of pyridine rings is 1. The Balaban J connectivity index is 0.00000261. The van der Waals surface area contributed by atoms with Crippen molar-refractivity contribution in [3.8, 4) is 0 Å². The van der Waals surface area contributed by atoms with Crippen LogP contribution in [0.15, 0.2) is 47.6 Å². The van der Waals surface area contributed by atoms with Crippen LogP contribution in [0.25, 0.3) is 5.65 Å². The van der Waals surface area contributed by atoms with E-state index >= 15 is 0 Å². The van der Waals surface area contributed by atoms with Crippen molar-refractivity contribution in [2.24, 2.45) is 4.99 Å². The maximum absolute atomic E-state index is 13.2. The SMILES string of the molecule is CCNC(=NCc1nnc2ccccn12)NCCc1ccc(F)cc1C.I. The maximum atomic E-state index is 13.2. The highest BCUT2D eigenvalue weighted by Gasteiger charge is 2.05. The average molecular weight is 482 g/mol. The molecule has 2 aromatic heterocycles. The molecule has 0 fully saturated rings. The molecule has 0 atom stereocenters. The van der Waals surface area contributed by atoms with Gasteiger partial charge in [-0.2, -0.15) is 0 Å². The second kappa shape index (κ2) is 10.2. The van der Waals surface area contributed by atoms with Gasteiger partial charge < -0.3 is 10.6 Å². The molecule has 0 radical (unpaired) electrons. The summed E-state index contributed by atoms with van der Waals surface area (Å²) in [5, 5.41) is 14.9. The first-order valence-electron chi connectivity index (χ1n) is 8.73. The summed E-state index contributed by atoms with van der Waals surface area (Å²) < 4.78 is 15.1. The van der Waals surface area contributed by atoms with Crippen LogP contribution >= 0.6 is 24.0 Å². The van der Waals surface area contributed by atoms with E-state index in [1.165, 1.54) is 6.07 Å². The quantitative estimate of drug-likeness (QED) is 0.322. The molecule has 2 heterocycles. The Morgan fingerprint density at radius 3 is 2.81 bits per heavy atom. The number of nitrogens with one attached hydrogen (secondary N) is 2. The lowest BCUT2D eigenvalue weighted by atomic mass is 10.1. The lowest BCUT2D eigenvalue weighted by Crippen LogP contribution is -2.38. The first-order valence-corrected chi connectivity index (χ1v) is 8.73. The summed E-state index contributed by atoms with van der Waals surface area (Å²) in [7, 11) is 0. The standard InChI is InChI=1S/C19H23FN6.HI/c1-3-21-19(22-10-9-15-7-8-16(20)12-14(15)2)23-13-18-25-24-17-6-4-5-11-26(17)18;/h4-8,11-12H,3,9-10,13H2,1-2H3,(H2,21,22,23);1H. The molecule has 0 spiro atoms. The number of hydrogen-bond donors (Lipinski definition) is 2. The number of halogens is 2. The number of hydrogen-bond acceptors (Lipinski definition) is 3. The average Bonchev–Trinajstić information content (AvgIpc) is 3.05. The fourth-order valence-electron chi connectivity index (χ4n) is 2.75. The van der Waals surface area contributed by atoms with Crippen molar-refractivity contribution in [1.29, 1.82) is 0 Å². The largest absolute Gasteiger partial charge is 0.357 e. The maximum Gasteiger partial charge on any atom is 0.191 e. The smallest absolute Gasteiger partial charge is 0.191 e. The normalized spacial score (nSPS) is 11.3. The van der Waals surface area contributed by atoms with E-state index in [0.29, 0.717) is 13.1 Å². The number of nitrogens with zero attached hydrogens (tertiary/aromatic N) is 4. The van der Waals surface area contributed by atoms with Gasteiger partial charge in [0.1, 0.15) is 12.4 Å². The highest BCUT2D eigenvalue weighted by Crippen LogP contribution is 2.10. The summed E-state index contributed by atoms with van der Waals surface area (Å²) >= 11 is 0. The molecule has 0 aliphatic rings. The predicted octanol–water partition coefficient (Wildman–Crippen LogP) is 3.09. The Hall–Kier alpha value is -2.23. The van der Waals surface area contributed by atoms with Crippen molar-refractivity contribution < 1.29 is 4.39 Å². The molecule has 0 aliphatic heterocycles. The van der Waals surface area contributed by atoms with Crippen LogP contribution in [0, 0.1) is 12.7 Å². The van der Waals surface area contributed by atoms with Gasteiger partial charge in [-0.15, -0.1) is 34.2 Å². The Labute approximate surface area is 175 Å². The van der Waals surface area contributed by atoms with Crippen LogP contribution in [0.1, 0.15) is 23.9 Å². The van der Waals surface area contributed by atoms with E-state index in [2.05, 4.69) is 25.8 Å². The number of rotatable bonds is 6. The molecular formula is C19H24FIN6. The number of aryl methyl sites for hydroxylation is 1. The van der Waals surface area contributed by atoms with Gasteiger partial charge in [0, 0.05) is 19.3 Å². The van der Waals surface area contributed by atoms with Crippen molar-refractivity contribution in [1.82, 2.24) is 25.2 Å². The highest BCUT2D eigenvalue weighted by molar-refractivity contribution is 14.0.